The zero-order valence-electron chi connectivity index (χ0n) is 16.4. The van der Waals surface area contributed by atoms with Gasteiger partial charge < -0.3 is 10.1 Å². The van der Waals surface area contributed by atoms with Crippen molar-refractivity contribution in [2.24, 2.45) is 23.2 Å². The lowest BCUT2D eigenvalue weighted by atomic mass is 9.49. The van der Waals surface area contributed by atoms with Gasteiger partial charge in [0.15, 0.2) is 0 Å². The molecule has 1 aromatic heterocycles. The van der Waals surface area contributed by atoms with Crippen LogP contribution in [-0.4, -0.2) is 19.0 Å². The zero-order chi connectivity index (χ0) is 20.2. The summed E-state index contributed by atoms with van der Waals surface area (Å²) >= 11 is 7.39. The number of halogens is 1. The molecule has 4 saturated carbocycles. The van der Waals surface area contributed by atoms with Crippen LogP contribution in [0, 0.1) is 23.2 Å². The molecular weight excluding hydrogens is 406 g/mol. The fraction of sp³-hybridized carbons (Fsp3) is 0.478. The van der Waals surface area contributed by atoms with Crippen molar-refractivity contribution in [3.63, 3.8) is 0 Å². The van der Waals surface area contributed by atoms with Gasteiger partial charge in [-0.2, -0.15) is 0 Å². The second kappa shape index (κ2) is 7.13. The Morgan fingerprint density at radius 3 is 2.21 bits per heavy atom. The van der Waals surface area contributed by atoms with Crippen LogP contribution < -0.4 is 5.32 Å². The van der Waals surface area contributed by atoms with Crippen LogP contribution in [0.4, 0.5) is 5.00 Å². The van der Waals surface area contributed by atoms with Gasteiger partial charge in [0.25, 0.3) is 0 Å². The summed E-state index contributed by atoms with van der Waals surface area (Å²) in [4.78, 5) is 26.0. The topological polar surface area (TPSA) is 55.4 Å². The van der Waals surface area contributed by atoms with Crippen molar-refractivity contribution in [3.05, 3.63) is 40.2 Å². The molecule has 1 amide bonds. The number of anilines is 1. The average molecular weight is 430 g/mol. The number of benzene rings is 1. The van der Waals surface area contributed by atoms with E-state index in [-0.39, 0.29) is 11.3 Å². The Hall–Kier alpha value is -1.85. The van der Waals surface area contributed by atoms with Crippen molar-refractivity contribution in [2.75, 3.05) is 12.4 Å². The Bertz CT molecular complexity index is 930. The molecule has 152 valence electrons. The third-order valence-corrected chi connectivity index (χ3v) is 8.23. The molecule has 4 nitrogen and oxygen atoms in total. The molecule has 0 saturated heterocycles. The fourth-order valence-corrected chi connectivity index (χ4v) is 7.30. The lowest BCUT2D eigenvalue weighted by Gasteiger charge is -2.55. The van der Waals surface area contributed by atoms with Crippen molar-refractivity contribution in [2.45, 2.75) is 38.5 Å². The number of amides is 1. The first-order valence-electron chi connectivity index (χ1n) is 10.2. The second-order valence-corrected chi connectivity index (χ2v) is 10.3. The minimum absolute atomic E-state index is 0.0891. The normalized spacial score (nSPS) is 29.7. The van der Waals surface area contributed by atoms with Gasteiger partial charge in [0.2, 0.25) is 5.91 Å². The lowest BCUT2D eigenvalue weighted by molar-refractivity contribution is -0.140. The summed E-state index contributed by atoms with van der Waals surface area (Å²) in [5.74, 6) is 1.74. The number of hydrogen-bond donors (Lipinski definition) is 1. The summed E-state index contributed by atoms with van der Waals surface area (Å²) in [7, 11) is 1.37. The highest BCUT2D eigenvalue weighted by Crippen LogP contribution is 2.60. The maximum atomic E-state index is 13.4. The molecule has 4 aliphatic carbocycles. The molecular formula is C23H24ClNO3S. The zero-order valence-corrected chi connectivity index (χ0v) is 17.9. The summed E-state index contributed by atoms with van der Waals surface area (Å²) in [5.41, 5.74) is 1.81. The third-order valence-electron chi connectivity index (χ3n) is 7.08. The van der Waals surface area contributed by atoms with E-state index in [1.54, 1.807) is 12.1 Å². The molecule has 6 heteroatoms. The molecule has 1 aromatic carbocycles. The summed E-state index contributed by atoms with van der Waals surface area (Å²) in [6, 6.07) is 7.34. The Morgan fingerprint density at radius 1 is 1.07 bits per heavy atom. The Morgan fingerprint density at radius 2 is 1.66 bits per heavy atom. The average Bonchev–Trinajstić information content (AvgIpc) is 3.10. The Labute approximate surface area is 179 Å². The highest BCUT2D eigenvalue weighted by Gasteiger charge is 2.54. The van der Waals surface area contributed by atoms with E-state index in [0.29, 0.717) is 33.3 Å². The number of hydrogen-bond acceptors (Lipinski definition) is 4. The third kappa shape index (κ3) is 3.28. The van der Waals surface area contributed by atoms with Gasteiger partial charge in [-0.05, 0) is 74.0 Å². The maximum Gasteiger partial charge on any atom is 0.341 e. The van der Waals surface area contributed by atoms with Crippen LogP contribution in [0.2, 0.25) is 5.02 Å². The van der Waals surface area contributed by atoms with Crippen LogP contribution in [0.5, 0.6) is 0 Å². The maximum absolute atomic E-state index is 13.4. The van der Waals surface area contributed by atoms with Crippen molar-refractivity contribution < 1.29 is 14.3 Å². The molecule has 4 bridgehead atoms. The Balaban J connectivity index is 1.46. The van der Waals surface area contributed by atoms with E-state index < -0.39 is 5.97 Å². The van der Waals surface area contributed by atoms with Crippen LogP contribution >= 0.6 is 22.9 Å². The van der Waals surface area contributed by atoms with Gasteiger partial charge in [-0.1, -0.05) is 23.7 Å². The number of carbonyl (C=O) groups excluding carboxylic acids is 2. The highest BCUT2D eigenvalue weighted by molar-refractivity contribution is 7.15. The number of esters is 1. The molecule has 0 unspecified atom stereocenters. The number of ether oxygens (including phenoxy) is 1. The van der Waals surface area contributed by atoms with E-state index >= 15 is 0 Å². The smallest absolute Gasteiger partial charge is 0.341 e. The molecule has 0 spiro atoms. The van der Waals surface area contributed by atoms with Gasteiger partial charge >= 0.3 is 5.97 Å². The minimum atomic E-state index is -0.433. The molecule has 1 N–H and O–H groups in total. The van der Waals surface area contributed by atoms with Gasteiger partial charge in [-0.3, -0.25) is 4.79 Å². The van der Waals surface area contributed by atoms with E-state index in [9.17, 15) is 9.59 Å². The van der Waals surface area contributed by atoms with Crippen LogP contribution in [0.25, 0.3) is 11.1 Å². The van der Waals surface area contributed by atoms with Crippen LogP contribution in [0.3, 0.4) is 0 Å². The van der Waals surface area contributed by atoms with E-state index in [0.717, 1.165) is 30.4 Å². The van der Waals surface area contributed by atoms with Crippen molar-refractivity contribution in [1.29, 1.82) is 0 Å². The van der Waals surface area contributed by atoms with Gasteiger partial charge in [0.05, 0.1) is 12.5 Å². The Kier molecular flexibility index (Phi) is 4.71. The molecule has 0 radical (unpaired) electrons. The van der Waals surface area contributed by atoms with Gasteiger partial charge in [0, 0.05) is 16.0 Å². The predicted molar refractivity (Wildman–Crippen MR) is 115 cm³/mol. The number of carbonyl (C=O) groups is 2. The van der Waals surface area contributed by atoms with Gasteiger partial charge in [-0.25, -0.2) is 4.79 Å². The van der Waals surface area contributed by atoms with E-state index in [4.69, 9.17) is 16.3 Å². The van der Waals surface area contributed by atoms with Crippen molar-refractivity contribution >= 4 is 39.8 Å². The molecule has 6 rings (SSSR count). The summed E-state index contributed by atoms with van der Waals surface area (Å²) in [5, 5.41) is 6.27. The largest absolute Gasteiger partial charge is 0.465 e. The quantitative estimate of drug-likeness (QED) is 0.605. The molecule has 0 atom stereocenters. The summed E-state index contributed by atoms with van der Waals surface area (Å²) < 4.78 is 5.04. The van der Waals surface area contributed by atoms with E-state index in [1.165, 1.54) is 37.7 Å². The first-order valence-corrected chi connectivity index (χ1v) is 11.5. The molecule has 0 aliphatic heterocycles. The standard InChI is InChI=1S/C23H24ClNO3S/c1-28-21(26)19-18(16-2-4-17(24)5-3-16)12-29-20(19)25-22(27)23-9-13-6-14(10-23)8-15(7-13)11-23/h2-5,12-15H,6-11H2,1H3,(H,25,27). The monoisotopic (exact) mass is 429 g/mol. The van der Waals surface area contributed by atoms with Gasteiger partial charge in [-0.15, -0.1) is 11.3 Å². The number of methoxy groups -OCH3 is 1. The molecule has 4 fully saturated rings. The van der Waals surface area contributed by atoms with Crippen LogP contribution in [0.15, 0.2) is 29.6 Å². The molecule has 2 aromatic rings. The molecule has 4 aliphatic rings. The number of nitrogens with one attached hydrogen (secondary N) is 1. The SMILES string of the molecule is COC(=O)c1c(-c2ccc(Cl)cc2)csc1NC(=O)C12CC3CC(CC(C3)C1)C2. The van der Waals surface area contributed by atoms with E-state index in [2.05, 4.69) is 5.32 Å². The summed E-state index contributed by atoms with van der Waals surface area (Å²) in [6.45, 7) is 0. The highest BCUT2D eigenvalue weighted by atomic mass is 35.5. The minimum Gasteiger partial charge on any atom is -0.465 e. The molecule has 1 heterocycles. The first kappa shape index (κ1) is 19.1. The molecule has 29 heavy (non-hydrogen) atoms. The summed E-state index contributed by atoms with van der Waals surface area (Å²) in [6.07, 6.45) is 6.86. The second-order valence-electron chi connectivity index (χ2n) is 9.00. The van der Waals surface area contributed by atoms with Crippen molar-refractivity contribution in [3.8, 4) is 11.1 Å². The van der Waals surface area contributed by atoms with Crippen molar-refractivity contribution in [1.82, 2.24) is 0 Å². The first-order chi connectivity index (χ1) is 14.0. The number of thiophene rings is 1. The number of rotatable bonds is 4. The lowest BCUT2D eigenvalue weighted by Crippen LogP contribution is -2.51. The van der Waals surface area contributed by atoms with E-state index in [1.807, 2.05) is 17.5 Å². The van der Waals surface area contributed by atoms with Crippen LogP contribution in [-0.2, 0) is 9.53 Å². The predicted octanol–water partition coefficient (Wildman–Crippen LogP) is 6.01. The fourth-order valence-electron chi connectivity index (χ4n) is 6.22. The van der Waals surface area contributed by atoms with Gasteiger partial charge in [0.1, 0.15) is 10.6 Å². The van der Waals surface area contributed by atoms with Crippen LogP contribution in [0.1, 0.15) is 48.9 Å².